The minimum Gasteiger partial charge on any atom is -0.381 e. The zero-order valence-electron chi connectivity index (χ0n) is 10.6. The molecular formula is C15H15BrFNO. The molecule has 0 atom stereocenters. The van der Waals surface area contributed by atoms with E-state index >= 15 is 0 Å². The first-order valence-corrected chi connectivity index (χ1v) is 6.74. The lowest BCUT2D eigenvalue weighted by Crippen LogP contribution is -2.03. The predicted molar refractivity (Wildman–Crippen MR) is 78.6 cm³/mol. The standard InChI is InChI=1S/C15H15BrFNO/c1-19-10-12-4-2-3-5-15(12)18-9-11-6-7-13(16)14(17)8-11/h2-8,18H,9-10H2,1H3. The Hall–Kier alpha value is -1.39. The van der Waals surface area contributed by atoms with E-state index in [-0.39, 0.29) is 5.82 Å². The number of hydrogen-bond acceptors (Lipinski definition) is 2. The van der Waals surface area contributed by atoms with Crippen LogP contribution in [0.15, 0.2) is 46.9 Å². The highest BCUT2D eigenvalue weighted by Gasteiger charge is 2.03. The molecule has 0 amide bonds. The number of methoxy groups -OCH3 is 1. The van der Waals surface area contributed by atoms with Gasteiger partial charge in [-0.2, -0.15) is 0 Å². The fourth-order valence-corrected chi connectivity index (χ4v) is 2.07. The second-order valence-corrected chi connectivity index (χ2v) is 5.05. The summed E-state index contributed by atoms with van der Waals surface area (Å²) in [4.78, 5) is 0. The van der Waals surface area contributed by atoms with Gasteiger partial charge in [-0.05, 0) is 39.7 Å². The lowest BCUT2D eigenvalue weighted by atomic mass is 10.1. The summed E-state index contributed by atoms with van der Waals surface area (Å²) in [5.41, 5.74) is 2.99. The van der Waals surface area contributed by atoms with Crippen molar-refractivity contribution in [3.05, 3.63) is 63.9 Å². The van der Waals surface area contributed by atoms with Gasteiger partial charge in [-0.1, -0.05) is 24.3 Å². The maximum atomic E-state index is 13.4. The fraction of sp³-hybridized carbons (Fsp3) is 0.200. The van der Waals surface area contributed by atoms with Gasteiger partial charge in [0, 0.05) is 24.9 Å². The largest absolute Gasteiger partial charge is 0.381 e. The Balaban J connectivity index is 2.07. The van der Waals surface area contributed by atoms with Gasteiger partial charge in [0.1, 0.15) is 5.82 Å². The summed E-state index contributed by atoms with van der Waals surface area (Å²) in [6.45, 7) is 1.13. The second-order valence-electron chi connectivity index (χ2n) is 4.19. The van der Waals surface area contributed by atoms with Crippen molar-refractivity contribution in [1.82, 2.24) is 0 Å². The van der Waals surface area contributed by atoms with Gasteiger partial charge in [0.05, 0.1) is 11.1 Å². The van der Waals surface area contributed by atoms with Crippen LogP contribution in [0.2, 0.25) is 0 Å². The molecule has 2 aromatic rings. The van der Waals surface area contributed by atoms with E-state index in [1.54, 1.807) is 13.2 Å². The van der Waals surface area contributed by atoms with Crippen LogP contribution in [0.4, 0.5) is 10.1 Å². The van der Waals surface area contributed by atoms with Crippen molar-refractivity contribution in [2.24, 2.45) is 0 Å². The van der Waals surface area contributed by atoms with Crippen LogP contribution in [0.3, 0.4) is 0 Å². The zero-order chi connectivity index (χ0) is 13.7. The Bertz CT molecular complexity index is 560. The Morgan fingerprint density at radius 3 is 2.74 bits per heavy atom. The van der Waals surface area contributed by atoms with Crippen molar-refractivity contribution in [3.63, 3.8) is 0 Å². The maximum absolute atomic E-state index is 13.4. The molecule has 0 unspecified atom stereocenters. The monoisotopic (exact) mass is 323 g/mol. The number of ether oxygens (including phenoxy) is 1. The molecule has 2 rings (SSSR count). The van der Waals surface area contributed by atoms with E-state index in [9.17, 15) is 4.39 Å². The highest BCUT2D eigenvalue weighted by molar-refractivity contribution is 9.10. The molecule has 0 radical (unpaired) electrons. The highest BCUT2D eigenvalue weighted by atomic mass is 79.9. The average Bonchev–Trinajstić information content (AvgIpc) is 2.42. The number of benzene rings is 2. The van der Waals surface area contributed by atoms with Crippen LogP contribution < -0.4 is 5.32 Å². The van der Waals surface area contributed by atoms with Crippen LogP contribution in [0.5, 0.6) is 0 Å². The van der Waals surface area contributed by atoms with E-state index in [0.717, 1.165) is 16.8 Å². The fourth-order valence-electron chi connectivity index (χ4n) is 1.82. The molecule has 0 aromatic heterocycles. The van der Waals surface area contributed by atoms with E-state index in [1.807, 2.05) is 30.3 Å². The van der Waals surface area contributed by atoms with E-state index in [4.69, 9.17) is 4.74 Å². The Kier molecular flexibility index (Phi) is 4.93. The van der Waals surface area contributed by atoms with Gasteiger partial charge in [-0.25, -0.2) is 4.39 Å². The first-order valence-electron chi connectivity index (χ1n) is 5.95. The SMILES string of the molecule is COCc1ccccc1NCc1ccc(Br)c(F)c1. The molecule has 2 nitrogen and oxygen atoms in total. The maximum Gasteiger partial charge on any atom is 0.137 e. The Morgan fingerprint density at radius 2 is 2.00 bits per heavy atom. The summed E-state index contributed by atoms with van der Waals surface area (Å²) in [7, 11) is 1.67. The lowest BCUT2D eigenvalue weighted by molar-refractivity contribution is 0.185. The normalized spacial score (nSPS) is 10.5. The van der Waals surface area contributed by atoms with E-state index < -0.39 is 0 Å². The average molecular weight is 324 g/mol. The molecule has 0 saturated heterocycles. The molecule has 0 aliphatic heterocycles. The number of anilines is 1. The first-order chi connectivity index (χ1) is 9.20. The Morgan fingerprint density at radius 1 is 1.21 bits per heavy atom. The van der Waals surface area contributed by atoms with Crippen molar-refractivity contribution in [2.45, 2.75) is 13.2 Å². The second kappa shape index (κ2) is 6.68. The quantitative estimate of drug-likeness (QED) is 0.883. The molecule has 19 heavy (non-hydrogen) atoms. The Labute approximate surface area is 120 Å². The number of hydrogen-bond donors (Lipinski definition) is 1. The molecule has 0 saturated carbocycles. The highest BCUT2D eigenvalue weighted by Crippen LogP contribution is 2.19. The minimum absolute atomic E-state index is 0.246. The van der Waals surface area contributed by atoms with Gasteiger partial charge in [-0.3, -0.25) is 0 Å². The van der Waals surface area contributed by atoms with Crippen LogP contribution in [0, 0.1) is 5.82 Å². The van der Waals surface area contributed by atoms with Gasteiger partial charge < -0.3 is 10.1 Å². The number of rotatable bonds is 5. The summed E-state index contributed by atoms with van der Waals surface area (Å²) < 4.78 is 19.0. The number of nitrogens with one attached hydrogen (secondary N) is 1. The molecule has 0 fully saturated rings. The number of halogens is 2. The van der Waals surface area contributed by atoms with Crippen molar-refractivity contribution in [2.75, 3.05) is 12.4 Å². The molecule has 0 bridgehead atoms. The molecule has 2 aromatic carbocycles. The summed E-state index contributed by atoms with van der Waals surface area (Å²) >= 11 is 3.15. The van der Waals surface area contributed by atoms with Crippen molar-refractivity contribution in [1.29, 1.82) is 0 Å². The smallest absolute Gasteiger partial charge is 0.137 e. The third-order valence-electron chi connectivity index (χ3n) is 2.78. The molecule has 0 heterocycles. The van der Waals surface area contributed by atoms with Crippen LogP contribution in [0.25, 0.3) is 0 Å². The third-order valence-corrected chi connectivity index (χ3v) is 3.43. The van der Waals surface area contributed by atoms with E-state index in [1.165, 1.54) is 6.07 Å². The van der Waals surface area contributed by atoms with Crippen molar-refractivity contribution in [3.8, 4) is 0 Å². The van der Waals surface area contributed by atoms with Gasteiger partial charge in [0.15, 0.2) is 0 Å². The van der Waals surface area contributed by atoms with Crippen LogP contribution in [-0.4, -0.2) is 7.11 Å². The summed E-state index contributed by atoms with van der Waals surface area (Å²) in [6.07, 6.45) is 0. The predicted octanol–water partition coefficient (Wildman–Crippen LogP) is 4.35. The molecular weight excluding hydrogens is 309 g/mol. The van der Waals surface area contributed by atoms with Crippen LogP contribution in [-0.2, 0) is 17.9 Å². The van der Waals surface area contributed by atoms with E-state index in [0.29, 0.717) is 17.6 Å². The van der Waals surface area contributed by atoms with Gasteiger partial charge in [0.2, 0.25) is 0 Å². The summed E-state index contributed by atoms with van der Waals surface area (Å²) in [6, 6.07) is 13.1. The molecule has 4 heteroatoms. The zero-order valence-corrected chi connectivity index (χ0v) is 12.2. The first kappa shape index (κ1) is 14.0. The summed E-state index contributed by atoms with van der Waals surface area (Å²) in [5.74, 6) is -0.246. The molecule has 0 aliphatic rings. The topological polar surface area (TPSA) is 21.3 Å². The molecule has 0 spiro atoms. The van der Waals surface area contributed by atoms with Crippen molar-refractivity contribution >= 4 is 21.6 Å². The van der Waals surface area contributed by atoms with Crippen molar-refractivity contribution < 1.29 is 9.13 Å². The van der Waals surface area contributed by atoms with Crippen LogP contribution >= 0.6 is 15.9 Å². The van der Waals surface area contributed by atoms with Gasteiger partial charge in [0.25, 0.3) is 0 Å². The lowest BCUT2D eigenvalue weighted by Gasteiger charge is -2.11. The number of para-hydroxylation sites is 1. The molecule has 0 aliphatic carbocycles. The minimum atomic E-state index is -0.246. The van der Waals surface area contributed by atoms with Gasteiger partial charge >= 0.3 is 0 Å². The molecule has 100 valence electrons. The van der Waals surface area contributed by atoms with E-state index in [2.05, 4.69) is 21.2 Å². The third kappa shape index (κ3) is 3.78. The van der Waals surface area contributed by atoms with Gasteiger partial charge in [-0.15, -0.1) is 0 Å². The molecule has 1 N–H and O–H groups in total. The van der Waals surface area contributed by atoms with Crippen LogP contribution in [0.1, 0.15) is 11.1 Å². The summed E-state index contributed by atoms with van der Waals surface area (Å²) in [5, 5.41) is 3.30.